The maximum Gasteiger partial charge on any atom is 0.269 e. The fourth-order valence-electron chi connectivity index (χ4n) is 2.20. The molecule has 2 rings (SSSR count). The molecule has 0 unspecified atom stereocenters. The summed E-state index contributed by atoms with van der Waals surface area (Å²) in [7, 11) is 0. The molecule has 1 aliphatic rings. The summed E-state index contributed by atoms with van der Waals surface area (Å²) in [4.78, 5) is 14.9. The minimum atomic E-state index is -0.391. The molecule has 0 radical (unpaired) electrons. The van der Waals surface area contributed by atoms with Crippen LogP contribution in [0.2, 0.25) is 0 Å². The molecule has 140 valence electrons. The van der Waals surface area contributed by atoms with E-state index in [0.29, 0.717) is 12.5 Å². The van der Waals surface area contributed by atoms with Gasteiger partial charge in [-0.3, -0.25) is 10.1 Å². The number of non-ortho nitro benzene ring substituents is 1. The third kappa shape index (κ3) is 9.01. The first-order valence-corrected chi connectivity index (χ1v) is 8.52. The van der Waals surface area contributed by atoms with E-state index in [1.54, 1.807) is 12.1 Å². The fourth-order valence-corrected chi connectivity index (χ4v) is 2.20. The first-order chi connectivity index (χ1) is 11.7. The molecule has 1 aromatic carbocycles. The van der Waals surface area contributed by atoms with Gasteiger partial charge in [-0.2, -0.15) is 0 Å². The van der Waals surface area contributed by atoms with Crippen LogP contribution in [-0.4, -0.2) is 37.2 Å². The number of ether oxygens (including phenoxy) is 1. The van der Waals surface area contributed by atoms with Gasteiger partial charge in [-0.15, -0.1) is 24.0 Å². The maximum atomic E-state index is 10.8. The lowest BCUT2D eigenvalue weighted by Crippen LogP contribution is -2.38. The van der Waals surface area contributed by atoms with Crippen molar-refractivity contribution < 1.29 is 9.66 Å². The van der Waals surface area contributed by atoms with Gasteiger partial charge in [-0.05, 0) is 37.7 Å². The van der Waals surface area contributed by atoms with E-state index in [9.17, 15) is 10.1 Å². The molecule has 1 saturated carbocycles. The minimum absolute atomic E-state index is 0. The van der Waals surface area contributed by atoms with Gasteiger partial charge in [-0.1, -0.05) is 12.1 Å². The van der Waals surface area contributed by atoms with Gasteiger partial charge in [0.05, 0.1) is 11.5 Å². The third-order valence-electron chi connectivity index (χ3n) is 3.69. The summed E-state index contributed by atoms with van der Waals surface area (Å²) in [5.74, 6) is 1.51. The minimum Gasteiger partial charge on any atom is -0.381 e. The first kappa shape index (κ1) is 21.6. The maximum absolute atomic E-state index is 10.8. The number of halogens is 1. The van der Waals surface area contributed by atoms with Crippen LogP contribution in [0.4, 0.5) is 5.69 Å². The van der Waals surface area contributed by atoms with Gasteiger partial charge in [0, 0.05) is 38.4 Å². The third-order valence-corrected chi connectivity index (χ3v) is 3.69. The Morgan fingerprint density at radius 2 is 2.20 bits per heavy atom. The average Bonchev–Trinajstić information content (AvgIpc) is 3.40. The monoisotopic (exact) mass is 462 g/mol. The van der Waals surface area contributed by atoms with Crippen LogP contribution < -0.4 is 10.6 Å². The molecule has 0 spiro atoms. The number of nitrogens with zero attached hydrogens (tertiary/aromatic N) is 2. The van der Waals surface area contributed by atoms with Crippen molar-refractivity contribution in [3.63, 3.8) is 0 Å². The van der Waals surface area contributed by atoms with Crippen LogP contribution in [0, 0.1) is 16.0 Å². The summed E-state index contributed by atoms with van der Waals surface area (Å²) in [6.45, 7) is 5.59. The molecule has 0 aliphatic heterocycles. The van der Waals surface area contributed by atoms with E-state index < -0.39 is 4.92 Å². The normalized spacial score (nSPS) is 13.9. The Hall–Kier alpha value is -1.42. The van der Waals surface area contributed by atoms with E-state index in [4.69, 9.17) is 4.74 Å². The Morgan fingerprint density at radius 1 is 1.40 bits per heavy atom. The summed E-state index contributed by atoms with van der Waals surface area (Å²) < 4.78 is 5.60. The van der Waals surface area contributed by atoms with Crippen LogP contribution in [0.25, 0.3) is 0 Å². The SMILES string of the molecule is CCNC(=NCc1cccc([N+](=O)[O-])c1)NCCCOCC1CC1.I. The van der Waals surface area contributed by atoms with Crippen LogP contribution >= 0.6 is 24.0 Å². The summed E-state index contributed by atoms with van der Waals surface area (Å²) in [6, 6.07) is 6.56. The molecule has 7 nitrogen and oxygen atoms in total. The molecule has 0 atom stereocenters. The Bertz CT molecular complexity index is 565. The Labute approximate surface area is 165 Å². The van der Waals surface area contributed by atoms with Crippen molar-refractivity contribution in [3.8, 4) is 0 Å². The number of hydrogen-bond acceptors (Lipinski definition) is 4. The van der Waals surface area contributed by atoms with Crippen molar-refractivity contribution in [2.75, 3.05) is 26.3 Å². The highest BCUT2D eigenvalue weighted by atomic mass is 127. The van der Waals surface area contributed by atoms with Gasteiger partial charge in [0.1, 0.15) is 0 Å². The Balaban J connectivity index is 0.00000312. The molecular weight excluding hydrogens is 435 g/mol. The van der Waals surface area contributed by atoms with E-state index in [1.165, 1.54) is 18.9 Å². The van der Waals surface area contributed by atoms with Crippen molar-refractivity contribution in [2.45, 2.75) is 32.7 Å². The van der Waals surface area contributed by atoms with Crippen molar-refractivity contribution in [3.05, 3.63) is 39.9 Å². The molecule has 1 aromatic rings. The van der Waals surface area contributed by atoms with Gasteiger partial charge in [0.25, 0.3) is 5.69 Å². The van der Waals surface area contributed by atoms with Gasteiger partial charge >= 0.3 is 0 Å². The summed E-state index contributed by atoms with van der Waals surface area (Å²) in [6.07, 6.45) is 3.55. The predicted molar refractivity (Wildman–Crippen MR) is 109 cm³/mol. The summed E-state index contributed by atoms with van der Waals surface area (Å²) in [5, 5.41) is 17.2. The summed E-state index contributed by atoms with van der Waals surface area (Å²) in [5.41, 5.74) is 0.905. The molecule has 0 amide bonds. The number of aliphatic imine (C=N–C) groups is 1. The molecule has 0 heterocycles. The molecule has 25 heavy (non-hydrogen) atoms. The highest BCUT2D eigenvalue weighted by Crippen LogP contribution is 2.28. The lowest BCUT2D eigenvalue weighted by Gasteiger charge is -2.11. The number of hydrogen-bond donors (Lipinski definition) is 2. The van der Waals surface area contributed by atoms with E-state index in [1.807, 2.05) is 13.0 Å². The van der Waals surface area contributed by atoms with Gasteiger partial charge in [0.2, 0.25) is 0 Å². The number of rotatable bonds is 10. The Morgan fingerprint density at radius 3 is 2.88 bits per heavy atom. The van der Waals surface area contributed by atoms with Crippen LogP contribution in [0.3, 0.4) is 0 Å². The molecule has 1 aliphatic carbocycles. The molecule has 0 saturated heterocycles. The molecular formula is C17H27IN4O3. The van der Waals surface area contributed by atoms with Gasteiger partial charge < -0.3 is 15.4 Å². The van der Waals surface area contributed by atoms with Crippen LogP contribution in [0.5, 0.6) is 0 Å². The highest BCUT2D eigenvalue weighted by Gasteiger charge is 2.20. The van der Waals surface area contributed by atoms with Crippen molar-refractivity contribution in [1.82, 2.24) is 10.6 Å². The number of nitro groups is 1. The number of guanidine groups is 1. The second-order valence-electron chi connectivity index (χ2n) is 5.92. The largest absolute Gasteiger partial charge is 0.381 e. The van der Waals surface area contributed by atoms with Crippen molar-refractivity contribution in [2.24, 2.45) is 10.9 Å². The molecule has 0 aromatic heterocycles. The zero-order valence-corrected chi connectivity index (χ0v) is 16.9. The van der Waals surface area contributed by atoms with Crippen LogP contribution in [-0.2, 0) is 11.3 Å². The standard InChI is InChI=1S/C17H26N4O3.HI/c1-2-18-17(19-9-4-10-24-13-14-7-8-14)20-12-15-5-3-6-16(11-15)21(22)23;/h3,5-6,11,14H,2,4,7-10,12-13H2,1H3,(H2,18,19,20);1H. The first-order valence-electron chi connectivity index (χ1n) is 8.52. The smallest absolute Gasteiger partial charge is 0.269 e. The van der Waals surface area contributed by atoms with E-state index >= 15 is 0 Å². The Kier molecular flexibility index (Phi) is 10.4. The fraction of sp³-hybridized carbons (Fsp3) is 0.588. The van der Waals surface area contributed by atoms with Gasteiger partial charge in [-0.25, -0.2) is 4.99 Å². The zero-order valence-electron chi connectivity index (χ0n) is 14.6. The number of nitrogens with one attached hydrogen (secondary N) is 2. The van der Waals surface area contributed by atoms with Crippen molar-refractivity contribution in [1.29, 1.82) is 0 Å². The lowest BCUT2D eigenvalue weighted by atomic mass is 10.2. The number of nitro benzene ring substituents is 1. The second-order valence-corrected chi connectivity index (χ2v) is 5.92. The van der Waals surface area contributed by atoms with E-state index in [2.05, 4.69) is 15.6 Å². The molecule has 1 fully saturated rings. The lowest BCUT2D eigenvalue weighted by molar-refractivity contribution is -0.384. The molecule has 2 N–H and O–H groups in total. The van der Waals surface area contributed by atoms with Gasteiger partial charge in [0.15, 0.2) is 5.96 Å². The van der Waals surface area contributed by atoms with E-state index in [0.717, 1.165) is 44.2 Å². The van der Waals surface area contributed by atoms with Crippen LogP contribution in [0.1, 0.15) is 31.7 Å². The average molecular weight is 462 g/mol. The number of benzene rings is 1. The zero-order chi connectivity index (χ0) is 17.2. The second kappa shape index (κ2) is 12.0. The van der Waals surface area contributed by atoms with E-state index in [-0.39, 0.29) is 29.7 Å². The summed E-state index contributed by atoms with van der Waals surface area (Å²) >= 11 is 0. The quantitative estimate of drug-likeness (QED) is 0.139. The topological polar surface area (TPSA) is 88.8 Å². The van der Waals surface area contributed by atoms with Crippen molar-refractivity contribution >= 4 is 35.6 Å². The molecule has 8 heteroatoms. The predicted octanol–water partition coefficient (Wildman–Crippen LogP) is 3.08. The molecule has 0 bridgehead atoms. The highest BCUT2D eigenvalue weighted by molar-refractivity contribution is 14.0. The van der Waals surface area contributed by atoms with Crippen LogP contribution in [0.15, 0.2) is 29.3 Å².